The van der Waals surface area contributed by atoms with E-state index in [2.05, 4.69) is 27.3 Å². The normalized spacial score (nSPS) is 15.6. The van der Waals surface area contributed by atoms with E-state index in [4.69, 9.17) is 10.00 Å². The summed E-state index contributed by atoms with van der Waals surface area (Å²) in [5.74, 6) is 0. The van der Waals surface area contributed by atoms with E-state index in [1.54, 1.807) is 0 Å². The van der Waals surface area contributed by atoms with Gasteiger partial charge in [0.05, 0.1) is 18.3 Å². The molecule has 4 heteroatoms. The van der Waals surface area contributed by atoms with Crippen molar-refractivity contribution in [2.75, 3.05) is 18.5 Å². The standard InChI is InChI=1S/C14H17BrN2O/c15-14-9-12(6-5-11(14)10-16)17-7-8-18-13-3-1-2-4-13/h5-6,9,13,17H,1-4,7-8H2. The zero-order valence-corrected chi connectivity index (χ0v) is 11.9. The zero-order chi connectivity index (χ0) is 12.8. The fourth-order valence-electron chi connectivity index (χ4n) is 2.19. The van der Waals surface area contributed by atoms with Crippen LogP contribution in [0.25, 0.3) is 0 Å². The van der Waals surface area contributed by atoms with Crippen LogP contribution in [0.1, 0.15) is 31.2 Å². The maximum atomic E-state index is 8.82. The van der Waals surface area contributed by atoms with Crippen LogP contribution in [0.4, 0.5) is 5.69 Å². The molecular weight excluding hydrogens is 292 g/mol. The molecule has 1 aromatic carbocycles. The lowest BCUT2D eigenvalue weighted by molar-refractivity contribution is 0.0659. The maximum Gasteiger partial charge on any atom is 0.100 e. The summed E-state index contributed by atoms with van der Waals surface area (Å²) in [6.07, 6.45) is 5.51. The van der Waals surface area contributed by atoms with Crippen LogP contribution in [0, 0.1) is 11.3 Å². The van der Waals surface area contributed by atoms with Gasteiger partial charge in [-0.2, -0.15) is 5.26 Å². The van der Waals surface area contributed by atoms with Crippen molar-refractivity contribution in [3.8, 4) is 6.07 Å². The Labute approximate surface area is 116 Å². The van der Waals surface area contributed by atoms with Crippen LogP contribution in [-0.4, -0.2) is 19.3 Å². The molecule has 0 radical (unpaired) electrons. The van der Waals surface area contributed by atoms with Gasteiger partial charge in [-0.3, -0.25) is 0 Å². The SMILES string of the molecule is N#Cc1ccc(NCCOC2CCCC2)cc1Br. The molecule has 0 bridgehead atoms. The van der Waals surface area contributed by atoms with Crippen molar-refractivity contribution in [1.82, 2.24) is 0 Å². The third-order valence-corrected chi connectivity index (χ3v) is 3.83. The van der Waals surface area contributed by atoms with Gasteiger partial charge in [0.1, 0.15) is 6.07 Å². The van der Waals surface area contributed by atoms with Gasteiger partial charge < -0.3 is 10.1 Å². The van der Waals surface area contributed by atoms with Crippen LogP contribution >= 0.6 is 15.9 Å². The van der Waals surface area contributed by atoms with Crippen LogP contribution < -0.4 is 5.32 Å². The van der Waals surface area contributed by atoms with E-state index in [1.807, 2.05) is 18.2 Å². The number of nitriles is 1. The van der Waals surface area contributed by atoms with Crippen molar-refractivity contribution in [1.29, 1.82) is 5.26 Å². The first kappa shape index (κ1) is 13.4. The molecule has 0 amide bonds. The highest BCUT2D eigenvalue weighted by Gasteiger charge is 2.14. The highest BCUT2D eigenvalue weighted by molar-refractivity contribution is 9.10. The molecule has 1 aromatic rings. The number of ether oxygens (including phenoxy) is 1. The van der Waals surface area contributed by atoms with Gasteiger partial charge in [0.15, 0.2) is 0 Å². The lowest BCUT2D eigenvalue weighted by Crippen LogP contribution is -2.15. The number of nitrogens with zero attached hydrogens (tertiary/aromatic N) is 1. The van der Waals surface area contributed by atoms with E-state index in [9.17, 15) is 0 Å². The van der Waals surface area contributed by atoms with Crippen molar-refractivity contribution in [2.24, 2.45) is 0 Å². The molecule has 0 saturated heterocycles. The average molecular weight is 309 g/mol. The van der Waals surface area contributed by atoms with Crippen LogP contribution in [0.3, 0.4) is 0 Å². The molecule has 3 nitrogen and oxygen atoms in total. The van der Waals surface area contributed by atoms with E-state index in [1.165, 1.54) is 25.7 Å². The molecule has 1 aliphatic carbocycles. The van der Waals surface area contributed by atoms with Crippen LogP contribution in [-0.2, 0) is 4.74 Å². The Morgan fingerprint density at radius 1 is 1.39 bits per heavy atom. The van der Waals surface area contributed by atoms with E-state index >= 15 is 0 Å². The molecule has 0 unspecified atom stereocenters. The molecule has 18 heavy (non-hydrogen) atoms. The summed E-state index contributed by atoms with van der Waals surface area (Å²) in [7, 11) is 0. The van der Waals surface area contributed by atoms with Gasteiger partial charge in [-0.1, -0.05) is 12.8 Å². The monoisotopic (exact) mass is 308 g/mol. The summed E-state index contributed by atoms with van der Waals surface area (Å²) < 4.78 is 6.60. The highest BCUT2D eigenvalue weighted by atomic mass is 79.9. The second kappa shape index (κ2) is 6.77. The van der Waals surface area contributed by atoms with Crippen molar-refractivity contribution in [3.63, 3.8) is 0 Å². The van der Waals surface area contributed by atoms with Gasteiger partial charge in [0.2, 0.25) is 0 Å². The molecule has 96 valence electrons. The number of rotatable bonds is 5. The maximum absolute atomic E-state index is 8.82. The number of benzene rings is 1. The predicted molar refractivity (Wildman–Crippen MR) is 75.6 cm³/mol. The van der Waals surface area contributed by atoms with Crippen LogP contribution in [0.2, 0.25) is 0 Å². The molecule has 0 aromatic heterocycles. The molecule has 0 atom stereocenters. The van der Waals surface area contributed by atoms with Gasteiger partial charge in [0, 0.05) is 16.7 Å². The highest BCUT2D eigenvalue weighted by Crippen LogP contribution is 2.22. The van der Waals surface area contributed by atoms with Gasteiger partial charge >= 0.3 is 0 Å². The zero-order valence-electron chi connectivity index (χ0n) is 10.3. The third-order valence-electron chi connectivity index (χ3n) is 3.18. The Morgan fingerprint density at radius 3 is 2.83 bits per heavy atom. The van der Waals surface area contributed by atoms with Crippen molar-refractivity contribution in [2.45, 2.75) is 31.8 Å². The molecule has 2 rings (SSSR count). The van der Waals surface area contributed by atoms with E-state index in [0.717, 1.165) is 23.3 Å². The van der Waals surface area contributed by atoms with E-state index in [0.29, 0.717) is 11.7 Å². The fourth-order valence-corrected chi connectivity index (χ4v) is 2.66. The Bertz CT molecular complexity index is 436. The minimum atomic E-state index is 0.472. The number of halogens is 1. The fraction of sp³-hybridized carbons (Fsp3) is 0.500. The number of hydrogen-bond acceptors (Lipinski definition) is 3. The smallest absolute Gasteiger partial charge is 0.100 e. The Balaban J connectivity index is 1.73. The van der Waals surface area contributed by atoms with Gasteiger partial charge in [-0.05, 0) is 47.0 Å². The first-order chi connectivity index (χ1) is 8.79. The van der Waals surface area contributed by atoms with Crippen molar-refractivity contribution < 1.29 is 4.74 Å². The van der Waals surface area contributed by atoms with Gasteiger partial charge in [-0.15, -0.1) is 0 Å². The second-order valence-corrected chi connectivity index (χ2v) is 5.36. The van der Waals surface area contributed by atoms with E-state index < -0.39 is 0 Å². The molecule has 0 aliphatic heterocycles. The lowest BCUT2D eigenvalue weighted by Gasteiger charge is -2.12. The molecular formula is C14H17BrN2O. The summed E-state index contributed by atoms with van der Waals surface area (Å²) >= 11 is 3.38. The summed E-state index contributed by atoms with van der Waals surface area (Å²) in [6.45, 7) is 1.54. The summed E-state index contributed by atoms with van der Waals surface area (Å²) in [4.78, 5) is 0. The molecule has 1 N–H and O–H groups in total. The lowest BCUT2D eigenvalue weighted by atomic mass is 10.2. The van der Waals surface area contributed by atoms with Gasteiger partial charge in [-0.25, -0.2) is 0 Å². The van der Waals surface area contributed by atoms with Crippen LogP contribution in [0.15, 0.2) is 22.7 Å². The average Bonchev–Trinajstić information content (AvgIpc) is 2.88. The van der Waals surface area contributed by atoms with Gasteiger partial charge in [0.25, 0.3) is 0 Å². The second-order valence-electron chi connectivity index (χ2n) is 4.51. The van der Waals surface area contributed by atoms with Crippen molar-refractivity contribution >= 4 is 21.6 Å². The number of anilines is 1. The minimum absolute atomic E-state index is 0.472. The summed E-state index contributed by atoms with van der Waals surface area (Å²) in [5.41, 5.74) is 1.67. The first-order valence-corrected chi connectivity index (χ1v) is 7.14. The summed E-state index contributed by atoms with van der Waals surface area (Å²) in [6, 6.07) is 7.78. The Kier molecular flexibility index (Phi) is 5.03. The topological polar surface area (TPSA) is 45.0 Å². The molecule has 0 heterocycles. The van der Waals surface area contributed by atoms with E-state index in [-0.39, 0.29) is 0 Å². The molecule has 0 spiro atoms. The predicted octanol–water partition coefficient (Wildman–Crippen LogP) is 3.69. The Hall–Kier alpha value is -1.05. The minimum Gasteiger partial charge on any atom is -0.383 e. The number of hydrogen-bond donors (Lipinski definition) is 1. The quantitative estimate of drug-likeness (QED) is 0.844. The molecule has 1 saturated carbocycles. The van der Waals surface area contributed by atoms with Crippen molar-refractivity contribution in [3.05, 3.63) is 28.2 Å². The third kappa shape index (κ3) is 3.72. The molecule has 1 aliphatic rings. The number of nitrogens with one attached hydrogen (secondary N) is 1. The summed E-state index contributed by atoms with van der Waals surface area (Å²) in [5, 5.41) is 12.1. The Morgan fingerprint density at radius 2 is 2.17 bits per heavy atom. The first-order valence-electron chi connectivity index (χ1n) is 6.35. The van der Waals surface area contributed by atoms with Crippen LogP contribution in [0.5, 0.6) is 0 Å². The largest absolute Gasteiger partial charge is 0.383 e. The molecule has 1 fully saturated rings.